The molecule has 1 amide bonds. The largest absolute Gasteiger partial charge is 0.479 e. The summed E-state index contributed by atoms with van der Waals surface area (Å²) in [5.41, 5.74) is 4.51. The van der Waals surface area contributed by atoms with Crippen LogP contribution in [0.3, 0.4) is 0 Å². The number of carbonyl (C=O) groups is 2. The molecule has 0 radical (unpaired) electrons. The highest BCUT2D eigenvalue weighted by Crippen LogP contribution is 2.29. The Balaban J connectivity index is 3.07. The minimum absolute atomic E-state index is 0.0468. The molecular formula is C13H16N2O6. The quantitative estimate of drug-likeness (QED) is 0.554. The molecule has 3 N–H and O–H groups in total. The van der Waals surface area contributed by atoms with E-state index in [0.29, 0.717) is 6.42 Å². The highest BCUT2D eigenvalue weighted by atomic mass is 16.6. The van der Waals surface area contributed by atoms with Crippen LogP contribution in [-0.4, -0.2) is 28.0 Å². The SMILES string of the molecule is CCCCC(Oc1ccc(C(N)=O)cc1[N+](=O)[O-])C(=O)O. The molecule has 1 aromatic rings. The van der Waals surface area contributed by atoms with Gasteiger partial charge in [0.05, 0.1) is 4.92 Å². The Kier molecular flexibility index (Phi) is 5.65. The van der Waals surface area contributed by atoms with Gasteiger partial charge < -0.3 is 15.6 Å². The minimum atomic E-state index is -1.20. The van der Waals surface area contributed by atoms with Crippen LogP contribution in [0.15, 0.2) is 18.2 Å². The molecule has 114 valence electrons. The zero-order valence-corrected chi connectivity index (χ0v) is 11.4. The maximum absolute atomic E-state index is 11.1. The average molecular weight is 296 g/mol. The van der Waals surface area contributed by atoms with E-state index in [0.717, 1.165) is 12.5 Å². The van der Waals surface area contributed by atoms with Gasteiger partial charge in [-0.3, -0.25) is 14.9 Å². The molecule has 8 heteroatoms. The van der Waals surface area contributed by atoms with Crippen molar-refractivity contribution in [1.82, 2.24) is 0 Å². The number of nitro groups is 1. The fourth-order valence-corrected chi connectivity index (χ4v) is 1.69. The fraction of sp³-hybridized carbons (Fsp3) is 0.385. The third kappa shape index (κ3) is 4.44. The highest BCUT2D eigenvalue weighted by molar-refractivity contribution is 5.93. The summed E-state index contributed by atoms with van der Waals surface area (Å²) in [6, 6.07) is 3.40. The van der Waals surface area contributed by atoms with E-state index in [4.69, 9.17) is 15.6 Å². The number of ether oxygens (including phenoxy) is 1. The Morgan fingerprint density at radius 3 is 2.62 bits per heavy atom. The number of aliphatic carboxylic acids is 1. The van der Waals surface area contributed by atoms with Gasteiger partial charge in [-0.15, -0.1) is 0 Å². The molecule has 21 heavy (non-hydrogen) atoms. The van der Waals surface area contributed by atoms with Crippen LogP contribution in [0.25, 0.3) is 0 Å². The van der Waals surface area contributed by atoms with Gasteiger partial charge in [0.1, 0.15) is 0 Å². The lowest BCUT2D eigenvalue weighted by Crippen LogP contribution is -2.27. The van der Waals surface area contributed by atoms with E-state index in [2.05, 4.69) is 0 Å². The summed E-state index contributed by atoms with van der Waals surface area (Å²) in [5.74, 6) is -2.21. The van der Waals surface area contributed by atoms with E-state index in [-0.39, 0.29) is 17.7 Å². The minimum Gasteiger partial charge on any atom is -0.479 e. The zero-order chi connectivity index (χ0) is 16.0. The lowest BCUT2D eigenvalue weighted by Gasteiger charge is -2.15. The number of primary amides is 1. The molecule has 1 rings (SSSR count). The summed E-state index contributed by atoms with van der Waals surface area (Å²) in [4.78, 5) is 32.4. The monoisotopic (exact) mass is 296 g/mol. The Labute approximate surface area is 120 Å². The first-order valence-electron chi connectivity index (χ1n) is 6.34. The van der Waals surface area contributed by atoms with E-state index < -0.39 is 28.6 Å². The van der Waals surface area contributed by atoms with Crippen molar-refractivity contribution in [2.45, 2.75) is 32.3 Å². The molecule has 1 unspecified atom stereocenters. The Morgan fingerprint density at radius 2 is 2.14 bits per heavy atom. The normalized spacial score (nSPS) is 11.7. The van der Waals surface area contributed by atoms with Crippen molar-refractivity contribution < 1.29 is 24.4 Å². The standard InChI is InChI=1S/C13H16N2O6/c1-2-3-4-11(13(17)18)21-10-6-5-8(12(14)16)7-9(10)15(19)20/h5-7,11H,2-4H2,1H3,(H2,14,16)(H,17,18). The molecular weight excluding hydrogens is 280 g/mol. The number of hydrogen-bond donors (Lipinski definition) is 2. The number of nitrogens with two attached hydrogens (primary N) is 1. The molecule has 0 aliphatic carbocycles. The summed E-state index contributed by atoms with van der Waals surface area (Å²) in [5, 5.41) is 20.1. The van der Waals surface area contributed by atoms with E-state index in [1.165, 1.54) is 12.1 Å². The molecule has 0 saturated heterocycles. The van der Waals surface area contributed by atoms with Gasteiger partial charge in [0.15, 0.2) is 11.9 Å². The number of carboxylic acid groups (broad SMARTS) is 1. The predicted molar refractivity (Wildman–Crippen MR) is 73.2 cm³/mol. The van der Waals surface area contributed by atoms with Crippen LogP contribution in [-0.2, 0) is 4.79 Å². The van der Waals surface area contributed by atoms with Gasteiger partial charge in [0, 0.05) is 11.6 Å². The molecule has 0 fully saturated rings. The highest BCUT2D eigenvalue weighted by Gasteiger charge is 2.24. The summed E-state index contributed by atoms with van der Waals surface area (Å²) in [6.07, 6.45) is 0.448. The van der Waals surface area contributed by atoms with Crippen molar-refractivity contribution in [3.8, 4) is 5.75 Å². The number of carboxylic acids is 1. The molecule has 1 atom stereocenters. The summed E-state index contributed by atoms with van der Waals surface area (Å²) in [6.45, 7) is 1.89. The number of nitrogens with zero attached hydrogens (tertiary/aromatic N) is 1. The number of benzene rings is 1. The maximum atomic E-state index is 11.1. The van der Waals surface area contributed by atoms with Crippen molar-refractivity contribution in [3.05, 3.63) is 33.9 Å². The molecule has 0 heterocycles. The van der Waals surface area contributed by atoms with Crippen LogP contribution in [0.4, 0.5) is 5.69 Å². The number of amides is 1. The van der Waals surface area contributed by atoms with Crippen molar-refractivity contribution >= 4 is 17.6 Å². The summed E-state index contributed by atoms with van der Waals surface area (Å²) < 4.78 is 5.21. The first kappa shape index (κ1) is 16.4. The van der Waals surface area contributed by atoms with Gasteiger partial charge in [0.2, 0.25) is 5.91 Å². The van der Waals surface area contributed by atoms with Gasteiger partial charge in [0.25, 0.3) is 0 Å². The van der Waals surface area contributed by atoms with E-state index in [9.17, 15) is 19.7 Å². The third-order valence-electron chi connectivity index (χ3n) is 2.80. The predicted octanol–water partition coefficient (Wildman–Crippen LogP) is 1.72. The van der Waals surface area contributed by atoms with Crippen molar-refractivity contribution in [1.29, 1.82) is 0 Å². The topological polar surface area (TPSA) is 133 Å². The van der Waals surface area contributed by atoms with Crippen LogP contribution < -0.4 is 10.5 Å². The third-order valence-corrected chi connectivity index (χ3v) is 2.80. The van der Waals surface area contributed by atoms with Crippen molar-refractivity contribution in [3.63, 3.8) is 0 Å². The van der Waals surface area contributed by atoms with Crippen LogP contribution >= 0.6 is 0 Å². The molecule has 0 saturated carbocycles. The molecule has 0 spiro atoms. The lowest BCUT2D eigenvalue weighted by atomic mass is 10.1. The van der Waals surface area contributed by atoms with Crippen LogP contribution in [0, 0.1) is 10.1 Å². The van der Waals surface area contributed by atoms with Crippen LogP contribution in [0.2, 0.25) is 0 Å². The number of rotatable bonds is 8. The maximum Gasteiger partial charge on any atom is 0.344 e. The Bertz CT molecular complexity index is 558. The number of nitro benzene ring substituents is 1. The number of unbranched alkanes of at least 4 members (excludes halogenated alkanes) is 1. The first-order valence-corrected chi connectivity index (χ1v) is 6.34. The zero-order valence-electron chi connectivity index (χ0n) is 11.4. The second kappa shape index (κ2) is 7.22. The van der Waals surface area contributed by atoms with Crippen LogP contribution in [0.5, 0.6) is 5.75 Å². The Hall–Kier alpha value is -2.64. The number of carbonyl (C=O) groups excluding carboxylic acids is 1. The molecule has 0 aromatic heterocycles. The van der Waals surface area contributed by atoms with Gasteiger partial charge >= 0.3 is 11.7 Å². The number of hydrogen-bond acceptors (Lipinski definition) is 5. The fourth-order valence-electron chi connectivity index (χ4n) is 1.69. The van der Waals surface area contributed by atoms with E-state index >= 15 is 0 Å². The van der Waals surface area contributed by atoms with Crippen LogP contribution in [0.1, 0.15) is 36.5 Å². The first-order chi connectivity index (χ1) is 9.86. The van der Waals surface area contributed by atoms with E-state index in [1.54, 1.807) is 0 Å². The average Bonchev–Trinajstić information content (AvgIpc) is 2.42. The molecule has 8 nitrogen and oxygen atoms in total. The molecule has 0 bridgehead atoms. The summed E-state index contributed by atoms with van der Waals surface area (Å²) in [7, 11) is 0. The van der Waals surface area contributed by atoms with Gasteiger partial charge in [-0.25, -0.2) is 4.79 Å². The smallest absolute Gasteiger partial charge is 0.344 e. The second-order valence-corrected chi connectivity index (χ2v) is 4.39. The van der Waals surface area contributed by atoms with Gasteiger partial charge in [-0.05, 0) is 25.0 Å². The molecule has 0 aliphatic rings. The Morgan fingerprint density at radius 1 is 1.48 bits per heavy atom. The van der Waals surface area contributed by atoms with Gasteiger partial charge in [-0.1, -0.05) is 13.3 Å². The van der Waals surface area contributed by atoms with Crippen molar-refractivity contribution in [2.24, 2.45) is 5.73 Å². The van der Waals surface area contributed by atoms with Gasteiger partial charge in [-0.2, -0.15) is 0 Å². The molecule has 1 aromatic carbocycles. The van der Waals surface area contributed by atoms with Crippen molar-refractivity contribution in [2.75, 3.05) is 0 Å². The lowest BCUT2D eigenvalue weighted by molar-refractivity contribution is -0.386. The molecule has 0 aliphatic heterocycles. The summed E-state index contributed by atoms with van der Waals surface area (Å²) >= 11 is 0. The van der Waals surface area contributed by atoms with E-state index in [1.807, 2.05) is 6.92 Å². The second-order valence-electron chi connectivity index (χ2n) is 4.39.